The average Bonchev–Trinajstić information content (AvgIpc) is 3.08. The summed E-state index contributed by atoms with van der Waals surface area (Å²) in [6.07, 6.45) is 12.1. The maximum atomic E-state index is 12.0. The van der Waals surface area contributed by atoms with Gasteiger partial charge in [-0.15, -0.1) is 0 Å². The number of carbonyl (C=O) groups is 5. The zero-order valence-electron chi connectivity index (χ0n) is 30.9. The fraction of sp³-hybridized carbons (Fsp3) is 0.848. The van der Waals surface area contributed by atoms with Crippen molar-refractivity contribution in [3.63, 3.8) is 0 Å². The molecule has 0 aliphatic heterocycles. The van der Waals surface area contributed by atoms with E-state index in [1.165, 1.54) is 19.8 Å². The van der Waals surface area contributed by atoms with Crippen LogP contribution in [0.3, 0.4) is 0 Å². The second-order valence-electron chi connectivity index (χ2n) is 12.4. The van der Waals surface area contributed by atoms with Crippen LogP contribution < -0.4 is 16.4 Å². The number of hydrogen-bond acceptors (Lipinski definition) is 11. The Morgan fingerprint density at radius 3 is 1.39 bits per heavy atom. The van der Waals surface area contributed by atoms with E-state index in [-0.39, 0.29) is 62.9 Å². The predicted molar refractivity (Wildman–Crippen MR) is 188 cm³/mol. The fourth-order valence-corrected chi connectivity index (χ4v) is 5.10. The summed E-state index contributed by atoms with van der Waals surface area (Å²) in [6.45, 7) is 5.64. The van der Waals surface area contributed by atoms with E-state index in [0.717, 1.165) is 45.1 Å². The second kappa shape index (κ2) is 33.0. The van der Waals surface area contributed by atoms with Crippen molar-refractivity contribution in [3.8, 4) is 0 Å². The molecule has 0 saturated heterocycles. The van der Waals surface area contributed by atoms with Crippen molar-refractivity contribution in [2.24, 2.45) is 0 Å². The van der Waals surface area contributed by atoms with Gasteiger partial charge < -0.3 is 20.9 Å². The van der Waals surface area contributed by atoms with Gasteiger partial charge in [0.2, 0.25) is 29.5 Å². The molecule has 0 unspecified atom stereocenters. The van der Waals surface area contributed by atoms with E-state index in [0.29, 0.717) is 73.2 Å². The Balaban J connectivity index is 0. The number of quaternary nitrogens is 1. The summed E-state index contributed by atoms with van der Waals surface area (Å²) in [5.41, 5.74) is 3.74. The molecule has 0 aromatic carbocycles. The third-order valence-electron chi connectivity index (χ3n) is 7.68. The highest BCUT2D eigenvalue weighted by Gasteiger charge is 2.14. The summed E-state index contributed by atoms with van der Waals surface area (Å²) in [4.78, 5) is 58.4. The normalized spacial score (nSPS) is 10.9. The molecule has 0 radical (unpaired) electrons. The molecule has 0 fully saturated rings. The average molecular weight is 755 g/mol. The number of carbonyl (C=O) groups excluding carboxylic acids is 5. The van der Waals surface area contributed by atoms with Crippen LogP contribution >= 0.6 is 0 Å². The molecule has 0 aliphatic rings. The molecule has 0 aromatic rings. The lowest BCUT2D eigenvalue weighted by atomic mass is 10.1. The van der Waals surface area contributed by atoms with E-state index < -0.39 is 27.8 Å². The van der Waals surface area contributed by atoms with Crippen molar-refractivity contribution in [3.05, 3.63) is 0 Å². The first-order chi connectivity index (χ1) is 24.1. The van der Waals surface area contributed by atoms with Crippen molar-refractivity contribution in [1.29, 1.82) is 0 Å². The Bertz CT molecular complexity index is 1070. The zero-order chi connectivity index (χ0) is 38.9. The highest BCUT2D eigenvalue weighted by Crippen LogP contribution is 2.06. The Kier molecular flexibility index (Phi) is 32.5. The number of unbranched alkanes of at least 4 members (excludes halogenated alkanes) is 11. The van der Waals surface area contributed by atoms with Gasteiger partial charge in [-0.3, -0.25) is 39.6 Å². The molecule has 0 spiro atoms. The molecule has 0 atom stereocenters. The van der Waals surface area contributed by atoms with E-state index in [1.54, 1.807) is 0 Å². The lowest BCUT2D eigenvalue weighted by Crippen LogP contribution is -2.50. The Labute approximate surface area is 304 Å². The van der Waals surface area contributed by atoms with Crippen molar-refractivity contribution >= 4 is 39.7 Å². The number of hydrogen-bond donors (Lipinski definition) is 6. The van der Waals surface area contributed by atoms with Gasteiger partial charge in [0.1, 0.15) is 0 Å². The maximum Gasteiger partial charge on any atom is 0.246 e. The molecule has 18 heteroatoms. The highest BCUT2D eigenvalue weighted by molar-refractivity contribution is 7.85. The third-order valence-corrected chi connectivity index (χ3v) is 8.47. The highest BCUT2D eigenvalue weighted by atomic mass is 32.2. The molecule has 0 aromatic heterocycles. The first-order valence-electron chi connectivity index (χ1n) is 18.4. The lowest BCUT2D eigenvalue weighted by Gasteiger charge is -2.15. The molecular weight excluding hydrogens is 688 g/mol. The maximum absolute atomic E-state index is 12.0. The van der Waals surface area contributed by atoms with Gasteiger partial charge in [-0.2, -0.15) is 0 Å². The molecular formula is C33H66N6O11S. The van der Waals surface area contributed by atoms with Crippen molar-refractivity contribution in [1.82, 2.24) is 25.8 Å². The largest absolute Gasteiger partial charge is 0.748 e. The van der Waals surface area contributed by atoms with Crippen LogP contribution in [0.15, 0.2) is 0 Å². The van der Waals surface area contributed by atoms with Crippen molar-refractivity contribution in [2.75, 3.05) is 45.0 Å². The van der Waals surface area contributed by atoms with Crippen LogP contribution in [0, 0.1) is 0 Å². The predicted octanol–water partition coefficient (Wildman–Crippen LogP) is 2.10. The minimum atomic E-state index is -3.97. The van der Waals surface area contributed by atoms with Crippen molar-refractivity contribution < 1.29 is 58.3 Å². The minimum absolute atomic E-state index is 0.00908. The smallest absolute Gasteiger partial charge is 0.246 e. The van der Waals surface area contributed by atoms with Crippen LogP contribution in [-0.2, 0) is 34.1 Å². The van der Waals surface area contributed by atoms with E-state index in [2.05, 4.69) is 23.3 Å². The van der Waals surface area contributed by atoms with Crippen LogP contribution in [-0.4, -0.2) is 118 Å². The molecule has 0 aliphatic carbocycles. The molecule has 5 amide bonds. The molecule has 17 nitrogen and oxygen atoms in total. The van der Waals surface area contributed by atoms with Crippen molar-refractivity contribution in [2.45, 2.75) is 136 Å². The Morgan fingerprint density at radius 1 is 0.588 bits per heavy atom. The fourth-order valence-electron chi connectivity index (χ4n) is 4.54. The van der Waals surface area contributed by atoms with Gasteiger partial charge in [-0.05, 0) is 64.2 Å². The van der Waals surface area contributed by atoms with Crippen LogP contribution in [0.2, 0.25) is 0 Å². The van der Waals surface area contributed by atoms with Crippen LogP contribution in [0.1, 0.15) is 136 Å². The first-order valence-corrected chi connectivity index (χ1v) is 19.9. The van der Waals surface area contributed by atoms with E-state index >= 15 is 0 Å². The second-order valence-corrected chi connectivity index (χ2v) is 14.0. The standard InChI is InChI=1S/C25H48N6O8.C8H18O3S/c1-21(32)29(37)18-9-3-6-16-27-22(33)12-14-25(36)31(39)20-10-4-7-17-28-23(34)11-13-24(35)30(38)19-8-2-5-15-26;1-2-3-4-5-6-7-8-12(9,10)11/h37-39H,2-20,26H2,1H3,(H,27,33)(H,28,34);2-8H2,1H3,(H,9,10,11). The van der Waals surface area contributed by atoms with Gasteiger partial charge in [0, 0.05) is 71.1 Å². The third kappa shape index (κ3) is 35.3. The van der Waals surface area contributed by atoms with Gasteiger partial charge in [0.25, 0.3) is 0 Å². The first kappa shape index (κ1) is 50.2. The molecule has 0 bridgehead atoms. The molecule has 51 heavy (non-hydrogen) atoms. The summed E-state index contributed by atoms with van der Waals surface area (Å²) >= 11 is 0. The van der Waals surface area contributed by atoms with Crippen LogP contribution in [0.25, 0.3) is 0 Å². The Morgan fingerprint density at radius 2 is 0.980 bits per heavy atom. The quantitative estimate of drug-likeness (QED) is 0.0268. The van der Waals surface area contributed by atoms with Gasteiger partial charge >= 0.3 is 0 Å². The molecule has 300 valence electrons. The summed E-state index contributed by atoms with van der Waals surface area (Å²) in [6, 6.07) is 0. The summed E-state index contributed by atoms with van der Waals surface area (Å²) in [5.74, 6) is -2.22. The molecule has 8 N–H and O–H groups in total. The molecule has 0 rings (SSSR count). The SMILES string of the molecule is CC(=O)N(O)CCCCCNC(=O)CCC(=O)N(O)CCCCCNC(=O)CCC(=O)N(O)CCCCC[NH3+].CCCCCCCCS(=O)(=O)[O-]. The lowest BCUT2D eigenvalue weighted by molar-refractivity contribution is -0.368. The number of hydroxylamine groups is 6. The van der Waals surface area contributed by atoms with Crippen LogP contribution in [0.4, 0.5) is 0 Å². The number of nitrogens with zero attached hydrogens (tertiary/aromatic N) is 3. The molecule has 0 heterocycles. The van der Waals surface area contributed by atoms with E-state index in [1.807, 2.05) is 0 Å². The monoisotopic (exact) mass is 754 g/mol. The zero-order valence-corrected chi connectivity index (χ0v) is 31.8. The van der Waals surface area contributed by atoms with E-state index in [4.69, 9.17) is 0 Å². The van der Waals surface area contributed by atoms with Crippen LogP contribution in [0.5, 0.6) is 0 Å². The van der Waals surface area contributed by atoms with Gasteiger partial charge in [-0.25, -0.2) is 23.6 Å². The van der Waals surface area contributed by atoms with Gasteiger partial charge in [0.15, 0.2) is 0 Å². The summed E-state index contributed by atoms with van der Waals surface area (Å²) in [5, 5.41) is 36.1. The summed E-state index contributed by atoms with van der Waals surface area (Å²) in [7, 11) is -3.97. The van der Waals surface area contributed by atoms with E-state index in [9.17, 15) is 52.6 Å². The van der Waals surface area contributed by atoms with Gasteiger partial charge in [0.05, 0.1) is 16.7 Å². The van der Waals surface area contributed by atoms with Gasteiger partial charge in [-0.1, -0.05) is 39.0 Å². The number of rotatable bonds is 30. The minimum Gasteiger partial charge on any atom is -0.748 e. The molecule has 0 saturated carbocycles. The Hall–Kier alpha value is -2.90. The summed E-state index contributed by atoms with van der Waals surface area (Å²) < 4.78 is 30.5. The number of amides is 5. The topological polar surface area (TPSA) is 265 Å². The number of nitrogens with one attached hydrogen (secondary N) is 2.